The molecular formula is C7H14N2O3S. The van der Waals surface area contributed by atoms with E-state index in [2.05, 4.69) is 10.6 Å². The fourth-order valence-electron chi connectivity index (χ4n) is 0.608. The first-order chi connectivity index (χ1) is 6.07. The number of hydrogen-bond acceptors (Lipinski definition) is 4. The molecule has 13 heavy (non-hydrogen) atoms. The zero-order chi connectivity index (χ0) is 10.3. The predicted octanol–water partition coefficient (Wildman–Crippen LogP) is -0.514. The molecule has 0 heterocycles. The van der Waals surface area contributed by atoms with Crippen LogP contribution in [0.5, 0.6) is 0 Å². The number of hydrogen-bond donors (Lipinski definition) is 3. The normalized spacial score (nSPS) is 12.2. The topological polar surface area (TPSA) is 78.4 Å². The van der Waals surface area contributed by atoms with E-state index in [4.69, 9.17) is 5.11 Å². The fraction of sp³-hybridized carbons (Fsp3) is 0.714. The van der Waals surface area contributed by atoms with Crippen LogP contribution in [0.2, 0.25) is 0 Å². The molecule has 0 aromatic rings. The Kier molecular flexibility index (Phi) is 6.34. The number of rotatable bonds is 6. The van der Waals surface area contributed by atoms with Gasteiger partial charge in [0, 0.05) is 12.7 Å². The van der Waals surface area contributed by atoms with E-state index >= 15 is 0 Å². The number of carbonyl (C=O) groups is 2. The van der Waals surface area contributed by atoms with E-state index in [1.54, 1.807) is 7.05 Å². The van der Waals surface area contributed by atoms with E-state index in [0.29, 0.717) is 11.6 Å². The Morgan fingerprint density at radius 2 is 2.15 bits per heavy atom. The Labute approximate surface area is 81.3 Å². The molecular weight excluding hydrogens is 192 g/mol. The van der Waals surface area contributed by atoms with Gasteiger partial charge in [0.2, 0.25) is 5.91 Å². The number of thioether (sulfide) groups is 1. The quantitative estimate of drug-likeness (QED) is 0.403. The van der Waals surface area contributed by atoms with Crippen molar-refractivity contribution in [2.75, 3.05) is 18.7 Å². The molecule has 1 unspecified atom stereocenters. The molecule has 1 atom stereocenters. The molecule has 0 aliphatic rings. The van der Waals surface area contributed by atoms with Crippen LogP contribution in [0.1, 0.15) is 6.92 Å². The summed E-state index contributed by atoms with van der Waals surface area (Å²) in [5, 5.41) is 13.8. The number of aliphatic carboxylic acids is 1. The van der Waals surface area contributed by atoms with Crippen molar-refractivity contribution in [1.29, 1.82) is 0 Å². The van der Waals surface area contributed by atoms with Gasteiger partial charge in [-0.1, -0.05) is 0 Å². The highest BCUT2D eigenvalue weighted by molar-refractivity contribution is 7.99. The zero-order valence-electron chi connectivity index (χ0n) is 7.66. The standard InChI is InChI=1S/C7H14N2O3S/c1-5(10)9-4-13-3-6(8-2)7(11)12/h6,8H,3-4H2,1-2H3,(H,9,10)(H,11,12). The lowest BCUT2D eigenvalue weighted by atomic mass is 10.3. The zero-order valence-corrected chi connectivity index (χ0v) is 8.48. The molecule has 0 aromatic carbocycles. The summed E-state index contributed by atoms with van der Waals surface area (Å²) >= 11 is 1.37. The average Bonchev–Trinajstić information content (AvgIpc) is 2.03. The first kappa shape index (κ1) is 12.2. The van der Waals surface area contributed by atoms with Gasteiger partial charge in [-0.15, -0.1) is 11.8 Å². The summed E-state index contributed by atoms with van der Waals surface area (Å²) in [6, 6.07) is -0.557. The summed E-state index contributed by atoms with van der Waals surface area (Å²) in [6.07, 6.45) is 0. The fourth-order valence-corrected chi connectivity index (χ4v) is 1.58. The van der Waals surface area contributed by atoms with Crippen molar-refractivity contribution in [1.82, 2.24) is 10.6 Å². The second kappa shape index (κ2) is 6.73. The van der Waals surface area contributed by atoms with Gasteiger partial charge >= 0.3 is 5.97 Å². The van der Waals surface area contributed by atoms with Crippen molar-refractivity contribution >= 4 is 23.6 Å². The number of likely N-dealkylation sites (N-methyl/N-ethyl adjacent to an activating group) is 1. The molecule has 0 aliphatic carbocycles. The van der Waals surface area contributed by atoms with Crippen LogP contribution in [-0.4, -0.2) is 41.7 Å². The van der Waals surface area contributed by atoms with Crippen LogP contribution >= 0.6 is 11.8 Å². The molecule has 0 aliphatic heterocycles. The summed E-state index contributed by atoms with van der Waals surface area (Å²) in [6.45, 7) is 1.42. The smallest absolute Gasteiger partial charge is 0.321 e. The van der Waals surface area contributed by atoms with Gasteiger partial charge in [0.25, 0.3) is 0 Å². The van der Waals surface area contributed by atoms with Crippen molar-refractivity contribution in [3.63, 3.8) is 0 Å². The second-order valence-electron chi connectivity index (χ2n) is 2.43. The van der Waals surface area contributed by atoms with Gasteiger partial charge in [-0.2, -0.15) is 0 Å². The molecule has 0 spiro atoms. The Bertz CT molecular complexity index is 187. The maximum absolute atomic E-state index is 10.5. The first-order valence-corrected chi connectivity index (χ1v) is 4.95. The summed E-state index contributed by atoms with van der Waals surface area (Å²) in [7, 11) is 1.59. The van der Waals surface area contributed by atoms with Gasteiger partial charge in [-0.25, -0.2) is 0 Å². The Hall–Kier alpha value is -0.750. The highest BCUT2D eigenvalue weighted by Gasteiger charge is 2.13. The highest BCUT2D eigenvalue weighted by atomic mass is 32.2. The lowest BCUT2D eigenvalue weighted by Gasteiger charge is -2.10. The van der Waals surface area contributed by atoms with Gasteiger partial charge in [0.1, 0.15) is 6.04 Å². The predicted molar refractivity (Wildman–Crippen MR) is 51.6 cm³/mol. The van der Waals surface area contributed by atoms with Crippen LogP contribution in [0.4, 0.5) is 0 Å². The van der Waals surface area contributed by atoms with E-state index in [0.717, 1.165) is 0 Å². The molecule has 5 nitrogen and oxygen atoms in total. The molecule has 0 saturated carbocycles. The maximum atomic E-state index is 10.5. The summed E-state index contributed by atoms with van der Waals surface area (Å²) in [5.41, 5.74) is 0. The maximum Gasteiger partial charge on any atom is 0.321 e. The van der Waals surface area contributed by atoms with Crippen LogP contribution in [0.25, 0.3) is 0 Å². The van der Waals surface area contributed by atoms with Crippen molar-refractivity contribution in [3.8, 4) is 0 Å². The van der Waals surface area contributed by atoms with Crippen LogP contribution < -0.4 is 10.6 Å². The van der Waals surface area contributed by atoms with E-state index in [-0.39, 0.29) is 5.91 Å². The molecule has 3 N–H and O–H groups in total. The van der Waals surface area contributed by atoms with Crippen LogP contribution in [0.15, 0.2) is 0 Å². The molecule has 76 valence electrons. The molecule has 0 bridgehead atoms. The molecule has 0 aromatic heterocycles. The van der Waals surface area contributed by atoms with E-state index in [1.165, 1.54) is 18.7 Å². The monoisotopic (exact) mass is 206 g/mol. The summed E-state index contributed by atoms with van der Waals surface area (Å²) in [4.78, 5) is 20.9. The largest absolute Gasteiger partial charge is 0.480 e. The SMILES string of the molecule is CNC(CSCNC(C)=O)C(=O)O. The molecule has 6 heteroatoms. The Balaban J connectivity index is 3.50. The molecule has 0 rings (SSSR count). The molecule has 0 saturated heterocycles. The number of carboxylic acids is 1. The Morgan fingerprint density at radius 3 is 2.54 bits per heavy atom. The van der Waals surface area contributed by atoms with Crippen LogP contribution in [0.3, 0.4) is 0 Å². The third-order valence-corrected chi connectivity index (χ3v) is 2.27. The minimum absolute atomic E-state index is 0.108. The number of carboxylic acid groups (broad SMARTS) is 1. The molecule has 1 amide bonds. The van der Waals surface area contributed by atoms with E-state index in [9.17, 15) is 9.59 Å². The van der Waals surface area contributed by atoms with Gasteiger partial charge < -0.3 is 15.7 Å². The van der Waals surface area contributed by atoms with Gasteiger partial charge in [0.05, 0.1) is 5.88 Å². The minimum Gasteiger partial charge on any atom is -0.480 e. The van der Waals surface area contributed by atoms with Crippen LogP contribution in [-0.2, 0) is 9.59 Å². The van der Waals surface area contributed by atoms with E-state index in [1.807, 2.05) is 0 Å². The van der Waals surface area contributed by atoms with Crippen molar-refractivity contribution in [3.05, 3.63) is 0 Å². The van der Waals surface area contributed by atoms with Gasteiger partial charge in [0.15, 0.2) is 0 Å². The van der Waals surface area contributed by atoms with Crippen molar-refractivity contribution < 1.29 is 14.7 Å². The molecule has 0 fully saturated rings. The van der Waals surface area contributed by atoms with Crippen molar-refractivity contribution in [2.45, 2.75) is 13.0 Å². The lowest BCUT2D eigenvalue weighted by Crippen LogP contribution is -2.36. The van der Waals surface area contributed by atoms with Crippen LogP contribution in [0, 0.1) is 0 Å². The van der Waals surface area contributed by atoms with Crippen molar-refractivity contribution in [2.24, 2.45) is 0 Å². The summed E-state index contributed by atoms with van der Waals surface area (Å²) in [5.74, 6) is -0.103. The average molecular weight is 206 g/mol. The second-order valence-corrected chi connectivity index (χ2v) is 3.46. The number of carbonyl (C=O) groups excluding carboxylic acids is 1. The van der Waals surface area contributed by atoms with Gasteiger partial charge in [-0.05, 0) is 7.05 Å². The number of nitrogens with one attached hydrogen (secondary N) is 2. The third kappa shape index (κ3) is 6.41. The Morgan fingerprint density at radius 1 is 1.54 bits per heavy atom. The summed E-state index contributed by atoms with van der Waals surface area (Å²) < 4.78 is 0. The third-order valence-electron chi connectivity index (χ3n) is 1.35. The molecule has 0 radical (unpaired) electrons. The highest BCUT2D eigenvalue weighted by Crippen LogP contribution is 2.00. The minimum atomic E-state index is -0.877. The van der Waals surface area contributed by atoms with Gasteiger partial charge in [-0.3, -0.25) is 9.59 Å². The number of amides is 1. The lowest BCUT2D eigenvalue weighted by molar-refractivity contribution is -0.138. The van der Waals surface area contributed by atoms with E-state index < -0.39 is 12.0 Å². The first-order valence-electron chi connectivity index (χ1n) is 3.80.